The average molecular weight is 305 g/mol. The van der Waals surface area contributed by atoms with Crippen LogP contribution in [0.5, 0.6) is 0 Å². The van der Waals surface area contributed by atoms with Gasteiger partial charge in [0, 0.05) is 30.4 Å². The van der Waals surface area contributed by atoms with Crippen molar-refractivity contribution in [3.05, 3.63) is 34.4 Å². The van der Waals surface area contributed by atoms with Crippen molar-refractivity contribution >= 4 is 17.3 Å². The van der Waals surface area contributed by atoms with Gasteiger partial charge in [-0.3, -0.25) is 14.9 Å². The minimum absolute atomic E-state index is 0.0251. The predicted octanol–water partition coefficient (Wildman–Crippen LogP) is 3.19. The smallest absolute Gasteiger partial charge is 0.271 e. The summed E-state index contributed by atoms with van der Waals surface area (Å²) in [7, 11) is 0. The highest BCUT2D eigenvalue weighted by Crippen LogP contribution is 2.23. The average Bonchev–Trinajstić information content (AvgIpc) is 2.55. The molecule has 0 bridgehead atoms. The highest BCUT2D eigenvalue weighted by Gasteiger charge is 2.23. The number of hydrogen-bond acceptors (Lipinski definition) is 4. The molecule has 0 spiro atoms. The van der Waals surface area contributed by atoms with Crippen LogP contribution in [0.2, 0.25) is 0 Å². The summed E-state index contributed by atoms with van der Waals surface area (Å²) in [6, 6.07) is 6.58. The lowest BCUT2D eigenvalue weighted by Crippen LogP contribution is -2.43. The minimum atomic E-state index is -0.437. The number of carbonyl (C=O) groups excluding carboxylic acids is 1. The number of nitrogens with one attached hydrogen (secondary N) is 1. The standard InChI is InChI=1S/C16H23N3O3/c1-2-18(14-8-4-3-5-9-14)16(20)12-17-13-7-6-10-15(11-13)19(21)22/h6-7,10-11,14,17H,2-5,8-9,12H2,1H3. The number of nitrogens with zero attached hydrogens (tertiary/aromatic N) is 2. The molecule has 0 atom stereocenters. The van der Waals surface area contributed by atoms with Crippen molar-refractivity contribution in [2.24, 2.45) is 0 Å². The maximum Gasteiger partial charge on any atom is 0.271 e. The lowest BCUT2D eigenvalue weighted by Gasteiger charge is -2.33. The topological polar surface area (TPSA) is 75.5 Å². The fourth-order valence-electron chi connectivity index (χ4n) is 3.04. The van der Waals surface area contributed by atoms with Crippen LogP contribution in [-0.2, 0) is 4.79 Å². The first-order valence-electron chi connectivity index (χ1n) is 7.89. The number of hydrogen-bond donors (Lipinski definition) is 1. The molecule has 0 heterocycles. The molecule has 1 aliphatic carbocycles. The highest BCUT2D eigenvalue weighted by atomic mass is 16.6. The SMILES string of the molecule is CCN(C(=O)CNc1cccc([N+](=O)[O-])c1)C1CCCCC1. The van der Waals surface area contributed by atoms with E-state index < -0.39 is 4.92 Å². The van der Waals surface area contributed by atoms with E-state index in [9.17, 15) is 14.9 Å². The molecular weight excluding hydrogens is 282 g/mol. The van der Waals surface area contributed by atoms with E-state index in [0.717, 1.165) is 12.8 Å². The van der Waals surface area contributed by atoms with Gasteiger partial charge in [-0.05, 0) is 25.8 Å². The second-order valence-electron chi connectivity index (χ2n) is 5.63. The molecule has 0 unspecified atom stereocenters. The monoisotopic (exact) mass is 305 g/mol. The maximum atomic E-state index is 12.4. The molecule has 0 aromatic heterocycles. The number of nitro benzene ring substituents is 1. The summed E-state index contributed by atoms with van der Waals surface area (Å²) < 4.78 is 0. The molecule has 1 saturated carbocycles. The molecule has 1 amide bonds. The number of nitro groups is 1. The Hall–Kier alpha value is -2.11. The molecule has 2 rings (SSSR count). The van der Waals surface area contributed by atoms with E-state index in [1.807, 2.05) is 11.8 Å². The second-order valence-corrected chi connectivity index (χ2v) is 5.63. The van der Waals surface area contributed by atoms with Crippen molar-refractivity contribution < 1.29 is 9.72 Å². The maximum absolute atomic E-state index is 12.4. The van der Waals surface area contributed by atoms with Crippen LogP contribution in [0, 0.1) is 10.1 Å². The number of anilines is 1. The van der Waals surface area contributed by atoms with Crippen LogP contribution in [0.25, 0.3) is 0 Å². The molecule has 22 heavy (non-hydrogen) atoms. The van der Waals surface area contributed by atoms with Crippen LogP contribution >= 0.6 is 0 Å². The minimum Gasteiger partial charge on any atom is -0.376 e. The molecule has 1 aromatic rings. The Morgan fingerprint density at radius 3 is 2.73 bits per heavy atom. The molecule has 1 fully saturated rings. The Bertz CT molecular complexity index is 527. The summed E-state index contributed by atoms with van der Waals surface area (Å²) in [6.45, 7) is 2.88. The first-order chi connectivity index (χ1) is 10.6. The van der Waals surface area contributed by atoms with Gasteiger partial charge in [-0.1, -0.05) is 25.3 Å². The molecule has 0 saturated heterocycles. The van der Waals surface area contributed by atoms with E-state index in [1.54, 1.807) is 12.1 Å². The van der Waals surface area contributed by atoms with Crippen LogP contribution in [0.15, 0.2) is 24.3 Å². The number of non-ortho nitro benzene ring substituents is 1. The predicted molar refractivity (Wildman–Crippen MR) is 85.8 cm³/mol. The van der Waals surface area contributed by atoms with E-state index in [4.69, 9.17) is 0 Å². The Kier molecular flexibility index (Phi) is 5.75. The van der Waals surface area contributed by atoms with E-state index in [1.165, 1.54) is 31.4 Å². The van der Waals surface area contributed by atoms with Gasteiger partial charge in [0.15, 0.2) is 0 Å². The molecule has 6 nitrogen and oxygen atoms in total. The Labute approximate surface area is 130 Å². The van der Waals surface area contributed by atoms with Crippen molar-refractivity contribution in [3.8, 4) is 0 Å². The normalized spacial score (nSPS) is 15.3. The Morgan fingerprint density at radius 1 is 1.36 bits per heavy atom. The lowest BCUT2D eigenvalue weighted by atomic mass is 9.94. The third-order valence-corrected chi connectivity index (χ3v) is 4.18. The highest BCUT2D eigenvalue weighted by molar-refractivity contribution is 5.81. The molecule has 120 valence electrons. The number of benzene rings is 1. The zero-order valence-corrected chi connectivity index (χ0v) is 13.0. The summed E-state index contributed by atoms with van der Waals surface area (Å²) in [6.07, 6.45) is 5.79. The van der Waals surface area contributed by atoms with Crippen molar-refractivity contribution in [1.29, 1.82) is 0 Å². The van der Waals surface area contributed by atoms with Crippen LogP contribution in [-0.4, -0.2) is 34.9 Å². The van der Waals surface area contributed by atoms with Gasteiger partial charge < -0.3 is 10.2 Å². The molecule has 1 aromatic carbocycles. The van der Waals surface area contributed by atoms with Gasteiger partial charge in [-0.25, -0.2) is 0 Å². The number of amides is 1. The zero-order valence-electron chi connectivity index (χ0n) is 13.0. The van der Waals surface area contributed by atoms with Gasteiger partial charge in [0.2, 0.25) is 5.91 Å². The quantitative estimate of drug-likeness (QED) is 0.647. The van der Waals surface area contributed by atoms with E-state index >= 15 is 0 Å². The molecule has 0 radical (unpaired) electrons. The van der Waals surface area contributed by atoms with Crippen molar-refractivity contribution in [3.63, 3.8) is 0 Å². The summed E-state index contributed by atoms with van der Waals surface area (Å²) in [4.78, 5) is 24.6. The fourth-order valence-corrected chi connectivity index (χ4v) is 3.04. The lowest BCUT2D eigenvalue weighted by molar-refractivity contribution is -0.384. The van der Waals surface area contributed by atoms with E-state index in [0.29, 0.717) is 18.3 Å². The third-order valence-electron chi connectivity index (χ3n) is 4.18. The fraction of sp³-hybridized carbons (Fsp3) is 0.562. The number of likely N-dealkylation sites (N-methyl/N-ethyl adjacent to an activating group) is 1. The molecule has 0 aliphatic heterocycles. The first kappa shape index (κ1) is 16.3. The number of rotatable bonds is 6. The van der Waals surface area contributed by atoms with E-state index in [2.05, 4.69) is 5.32 Å². The zero-order chi connectivity index (χ0) is 15.9. The van der Waals surface area contributed by atoms with Gasteiger partial charge in [0.25, 0.3) is 5.69 Å². The molecule has 6 heteroatoms. The van der Waals surface area contributed by atoms with Gasteiger partial charge in [0.05, 0.1) is 11.5 Å². The third kappa shape index (κ3) is 4.19. The van der Waals surface area contributed by atoms with Gasteiger partial charge >= 0.3 is 0 Å². The van der Waals surface area contributed by atoms with Crippen LogP contribution in [0.1, 0.15) is 39.0 Å². The van der Waals surface area contributed by atoms with Gasteiger partial charge in [-0.15, -0.1) is 0 Å². The Balaban J connectivity index is 1.93. The molecule has 1 N–H and O–H groups in total. The summed E-state index contributed by atoms with van der Waals surface area (Å²) in [5, 5.41) is 13.8. The Morgan fingerprint density at radius 2 is 2.09 bits per heavy atom. The second kappa shape index (κ2) is 7.77. The van der Waals surface area contributed by atoms with Gasteiger partial charge in [0.1, 0.15) is 0 Å². The van der Waals surface area contributed by atoms with E-state index in [-0.39, 0.29) is 18.1 Å². The van der Waals surface area contributed by atoms with Crippen molar-refractivity contribution in [2.75, 3.05) is 18.4 Å². The van der Waals surface area contributed by atoms with Gasteiger partial charge in [-0.2, -0.15) is 0 Å². The van der Waals surface area contributed by atoms with Crippen LogP contribution in [0.4, 0.5) is 11.4 Å². The molecule has 1 aliphatic rings. The van der Waals surface area contributed by atoms with Crippen molar-refractivity contribution in [2.45, 2.75) is 45.1 Å². The van der Waals surface area contributed by atoms with Crippen LogP contribution in [0.3, 0.4) is 0 Å². The first-order valence-corrected chi connectivity index (χ1v) is 7.89. The summed E-state index contributed by atoms with van der Waals surface area (Å²) in [5.41, 5.74) is 0.624. The molecular formula is C16H23N3O3. The van der Waals surface area contributed by atoms with Crippen molar-refractivity contribution in [1.82, 2.24) is 4.90 Å². The summed E-state index contributed by atoms with van der Waals surface area (Å²) in [5.74, 6) is 0.0564. The van der Waals surface area contributed by atoms with Crippen LogP contribution < -0.4 is 5.32 Å². The number of carbonyl (C=O) groups is 1. The summed E-state index contributed by atoms with van der Waals surface area (Å²) >= 11 is 0. The largest absolute Gasteiger partial charge is 0.376 e.